The maximum atomic E-state index is 5.99. The number of imidazole rings is 1. The van der Waals surface area contributed by atoms with Crippen LogP contribution in [-0.4, -0.2) is 9.55 Å². The number of hydrogen-bond donors (Lipinski definition) is 1. The van der Waals surface area contributed by atoms with Gasteiger partial charge in [0.25, 0.3) is 0 Å². The van der Waals surface area contributed by atoms with Crippen molar-refractivity contribution in [2.75, 3.05) is 5.73 Å². The highest BCUT2D eigenvalue weighted by Gasteiger charge is 2.10. The molecule has 0 amide bonds. The van der Waals surface area contributed by atoms with Gasteiger partial charge in [0.05, 0.1) is 12.9 Å². The molecule has 5 heteroatoms. The van der Waals surface area contributed by atoms with Crippen molar-refractivity contribution in [2.24, 2.45) is 0 Å². The number of benzene rings is 1. The summed E-state index contributed by atoms with van der Waals surface area (Å²) in [7, 11) is 0. The van der Waals surface area contributed by atoms with E-state index >= 15 is 0 Å². The number of halogens is 2. The SMILES string of the molecule is C#CCn1cnc(-c2ccc(Br)c(Br)c2)c1N. The van der Waals surface area contributed by atoms with Crippen molar-refractivity contribution >= 4 is 37.7 Å². The summed E-state index contributed by atoms with van der Waals surface area (Å²) in [6.07, 6.45) is 6.91. The monoisotopic (exact) mass is 353 g/mol. The number of hydrogen-bond acceptors (Lipinski definition) is 2. The molecule has 0 spiro atoms. The maximum absolute atomic E-state index is 5.99. The summed E-state index contributed by atoms with van der Waals surface area (Å²) >= 11 is 6.87. The summed E-state index contributed by atoms with van der Waals surface area (Å²) < 4.78 is 3.69. The van der Waals surface area contributed by atoms with Gasteiger partial charge in [-0.15, -0.1) is 6.42 Å². The van der Waals surface area contributed by atoms with Crippen LogP contribution in [0.1, 0.15) is 0 Å². The van der Waals surface area contributed by atoms with Gasteiger partial charge in [0.2, 0.25) is 0 Å². The molecular weight excluding hydrogens is 346 g/mol. The predicted octanol–water partition coefficient (Wildman–Crippen LogP) is 3.29. The third kappa shape index (κ3) is 2.38. The number of anilines is 1. The van der Waals surface area contributed by atoms with Crippen molar-refractivity contribution in [2.45, 2.75) is 6.54 Å². The molecule has 0 atom stereocenters. The Kier molecular flexibility index (Phi) is 3.55. The average molecular weight is 355 g/mol. The molecule has 17 heavy (non-hydrogen) atoms. The number of terminal acetylenes is 1. The zero-order chi connectivity index (χ0) is 12.4. The first-order valence-electron chi connectivity index (χ1n) is 4.83. The van der Waals surface area contributed by atoms with Crippen LogP contribution in [0.4, 0.5) is 5.82 Å². The van der Waals surface area contributed by atoms with Gasteiger partial charge < -0.3 is 10.3 Å². The standard InChI is InChI=1S/C12H9Br2N3/c1-2-5-17-7-16-11(12(17)15)8-3-4-9(13)10(14)6-8/h1,3-4,6-7H,5,15H2. The smallest absolute Gasteiger partial charge is 0.132 e. The Bertz CT molecular complexity index is 596. The van der Waals surface area contributed by atoms with E-state index in [-0.39, 0.29) is 0 Å². The number of nitrogens with zero attached hydrogens (tertiary/aromatic N) is 2. The molecule has 3 nitrogen and oxygen atoms in total. The molecule has 0 fully saturated rings. The highest BCUT2D eigenvalue weighted by molar-refractivity contribution is 9.13. The molecule has 86 valence electrons. The zero-order valence-corrected chi connectivity index (χ0v) is 12.0. The molecule has 0 saturated heterocycles. The van der Waals surface area contributed by atoms with E-state index < -0.39 is 0 Å². The van der Waals surface area contributed by atoms with E-state index in [1.54, 1.807) is 10.9 Å². The Morgan fingerprint density at radius 3 is 2.76 bits per heavy atom. The molecule has 2 aromatic rings. The summed E-state index contributed by atoms with van der Waals surface area (Å²) in [6.45, 7) is 0.427. The molecule has 0 saturated carbocycles. The summed E-state index contributed by atoms with van der Waals surface area (Å²) in [5.74, 6) is 3.12. The molecule has 2 rings (SSSR count). The summed E-state index contributed by atoms with van der Waals surface area (Å²) in [5.41, 5.74) is 7.68. The molecule has 1 aromatic carbocycles. The second-order valence-corrected chi connectivity index (χ2v) is 5.15. The van der Waals surface area contributed by atoms with Crippen LogP contribution in [0.25, 0.3) is 11.3 Å². The quantitative estimate of drug-likeness (QED) is 0.841. The lowest BCUT2D eigenvalue weighted by Crippen LogP contribution is -2.00. The van der Waals surface area contributed by atoms with Crippen molar-refractivity contribution in [3.8, 4) is 23.6 Å². The fourth-order valence-corrected chi connectivity index (χ4v) is 2.11. The molecule has 0 radical (unpaired) electrons. The van der Waals surface area contributed by atoms with Crippen LogP contribution in [0.5, 0.6) is 0 Å². The molecule has 1 aromatic heterocycles. The highest BCUT2D eigenvalue weighted by atomic mass is 79.9. The molecular formula is C12H9Br2N3. The first kappa shape index (κ1) is 12.2. The van der Waals surface area contributed by atoms with Crippen LogP contribution in [0.3, 0.4) is 0 Å². The lowest BCUT2D eigenvalue weighted by Gasteiger charge is -2.03. The second-order valence-electron chi connectivity index (χ2n) is 3.44. The minimum Gasteiger partial charge on any atom is -0.383 e. The number of nitrogens with two attached hydrogens (primary N) is 1. The first-order valence-corrected chi connectivity index (χ1v) is 6.41. The Balaban J connectivity index is 2.47. The van der Waals surface area contributed by atoms with E-state index in [0.29, 0.717) is 12.4 Å². The lowest BCUT2D eigenvalue weighted by atomic mass is 10.1. The summed E-state index contributed by atoms with van der Waals surface area (Å²) in [4.78, 5) is 4.28. The Labute approximate surface area is 116 Å². The van der Waals surface area contributed by atoms with Crippen molar-refractivity contribution in [3.63, 3.8) is 0 Å². The van der Waals surface area contributed by atoms with Gasteiger partial charge in [0.1, 0.15) is 11.5 Å². The Hall–Kier alpha value is -1.25. The number of nitrogen functional groups attached to an aromatic ring is 1. The Morgan fingerprint density at radius 1 is 1.35 bits per heavy atom. The van der Waals surface area contributed by atoms with E-state index in [9.17, 15) is 0 Å². The van der Waals surface area contributed by atoms with E-state index in [1.165, 1.54) is 0 Å². The zero-order valence-electron chi connectivity index (χ0n) is 8.82. The van der Waals surface area contributed by atoms with Gasteiger partial charge in [-0.05, 0) is 44.0 Å². The molecule has 0 aliphatic carbocycles. The van der Waals surface area contributed by atoms with Crippen LogP contribution < -0.4 is 5.73 Å². The van der Waals surface area contributed by atoms with Gasteiger partial charge in [0, 0.05) is 14.5 Å². The maximum Gasteiger partial charge on any atom is 0.132 e. The molecule has 0 bridgehead atoms. The van der Waals surface area contributed by atoms with Gasteiger partial charge in [0.15, 0.2) is 0 Å². The second kappa shape index (κ2) is 4.94. The first-order chi connectivity index (χ1) is 8.13. The number of rotatable bonds is 2. The minimum atomic E-state index is 0.427. The van der Waals surface area contributed by atoms with Gasteiger partial charge >= 0.3 is 0 Å². The van der Waals surface area contributed by atoms with E-state index in [2.05, 4.69) is 42.8 Å². The third-order valence-electron chi connectivity index (χ3n) is 2.33. The van der Waals surface area contributed by atoms with Gasteiger partial charge in [-0.1, -0.05) is 12.0 Å². The fraction of sp³-hybridized carbons (Fsp3) is 0.0833. The normalized spacial score (nSPS) is 10.2. The summed E-state index contributed by atoms with van der Waals surface area (Å²) in [5, 5.41) is 0. The molecule has 0 aliphatic heterocycles. The van der Waals surface area contributed by atoms with Crippen LogP contribution in [-0.2, 0) is 6.54 Å². The fourth-order valence-electron chi connectivity index (χ4n) is 1.48. The minimum absolute atomic E-state index is 0.427. The largest absolute Gasteiger partial charge is 0.383 e. The van der Waals surface area contributed by atoms with Crippen LogP contribution in [0, 0.1) is 12.3 Å². The molecule has 0 unspecified atom stereocenters. The molecule has 2 N–H and O–H groups in total. The molecule has 0 aliphatic rings. The van der Waals surface area contributed by atoms with E-state index in [1.807, 2.05) is 18.2 Å². The van der Waals surface area contributed by atoms with Crippen LogP contribution in [0.2, 0.25) is 0 Å². The van der Waals surface area contributed by atoms with Crippen LogP contribution in [0.15, 0.2) is 33.5 Å². The van der Waals surface area contributed by atoms with Crippen LogP contribution >= 0.6 is 31.9 Å². The van der Waals surface area contributed by atoms with Gasteiger partial charge in [-0.2, -0.15) is 0 Å². The van der Waals surface area contributed by atoms with Crippen molar-refractivity contribution in [3.05, 3.63) is 33.5 Å². The van der Waals surface area contributed by atoms with Gasteiger partial charge in [-0.25, -0.2) is 4.98 Å². The number of aromatic nitrogens is 2. The lowest BCUT2D eigenvalue weighted by molar-refractivity contribution is 0.852. The average Bonchev–Trinajstić information content (AvgIpc) is 2.66. The van der Waals surface area contributed by atoms with Gasteiger partial charge in [-0.3, -0.25) is 0 Å². The predicted molar refractivity (Wildman–Crippen MR) is 76.3 cm³/mol. The van der Waals surface area contributed by atoms with E-state index in [0.717, 1.165) is 20.2 Å². The van der Waals surface area contributed by atoms with Crippen molar-refractivity contribution in [1.82, 2.24) is 9.55 Å². The van der Waals surface area contributed by atoms with Crippen molar-refractivity contribution in [1.29, 1.82) is 0 Å². The Morgan fingerprint density at radius 2 is 2.12 bits per heavy atom. The van der Waals surface area contributed by atoms with Crippen molar-refractivity contribution < 1.29 is 0 Å². The topological polar surface area (TPSA) is 43.8 Å². The highest BCUT2D eigenvalue weighted by Crippen LogP contribution is 2.30. The third-order valence-corrected chi connectivity index (χ3v) is 4.21. The summed E-state index contributed by atoms with van der Waals surface area (Å²) in [6, 6.07) is 5.86. The van der Waals surface area contributed by atoms with E-state index in [4.69, 9.17) is 12.2 Å². The molecule has 1 heterocycles.